The summed E-state index contributed by atoms with van der Waals surface area (Å²) in [5, 5.41) is 1.23. The van der Waals surface area contributed by atoms with Crippen molar-refractivity contribution >= 4 is 21.4 Å². The van der Waals surface area contributed by atoms with Crippen LogP contribution in [0.5, 0.6) is 5.75 Å². The second kappa shape index (κ2) is 5.58. The third-order valence-corrected chi connectivity index (χ3v) is 4.38. The Balaban J connectivity index is 2.03. The summed E-state index contributed by atoms with van der Waals surface area (Å²) in [6.45, 7) is 0. The highest BCUT2D eigenvalue weighted by molar-refractivity contribution is 7.19. The maximum absolute atomic E-state index is 5.74. The van der Waals surface area contributed by atoms with Crippen LogP contribution in [0.1, 0.15) is 16.5 Å². The minimum absolute atomic E-state index is 0.0880. The molecule has 3 aromatic rings. The first-order valence-corrected chi connectivity index (χ1v) is 7.07. The van der Waals surface area contributed by atoms with Gasteiger partial charge in [0, 0.05) is 15.8 Å². The van der Waals surface area contributed by atoms with Gasteiger partial charge in [0.15, 0.2) is 0 Å². The topological polar surface area (TPSA) is 60.2 Å². The minimum Gasteiger partial charge on any atom is -0.495 e. The molecule has 20 heavy (non-hydrogen) atoms. The van der Waals surface area contributed by atoms with Gasteiger partial charge in [0.2, 0.25) is 0 Å². The maximum Gasteiger partial charge on any atom is 0.137 e. The van der Waals surface area contributed by atoms with Gasteiger partial charge in [-0.3, -0.25) is 10.8 Å². The van der Waals surface area contributed by atoms with Crippen LogP contribution in [0.3, 0.4) is 0 Å². The summed E-state index contributed by atoms with van der Waals surface area (Å²) in [6, 6.07) is 12.3. The van der Waals surface area contributed by atoms with Gasteiger partial charge >= 0.3 is 0 Å². The van der Waals surface area contributed by atoms with E-state index in [4.69, 9.17) is 10.6 Å². The molecule has 2 aromatic heterocycles. The number of ether oxygens (including phenoxy) is 1. The lowest BCUT2D eigenvalue weighted by molar-refractivity contribution is 0.411. The molecule has 0 radical (unpaired) electrons. The first-order chi connectivity index (χ1) is 9.81. The Kier molecular flexibility index (Phi) is 3.64. The van der Waals surface area contributed by atoms with Gasteiger partial charge in [0.25, 0.3) is 0 Å². The monoisotopic (exact) mass is 285 g/mol. The van der Waals surface area contributed by atoms with Gasteiger partial charge in [-0.15, -0.1) is 11.3 Å². The normalized spacial score (nSPS) is 12.5. The summed E-state index contributed by atoms with van der Waals surface area (Å²) in [6.07, 6.45) is 3.49. The number of nitrogens with zero attached hydrogens (tertiary/aromatic N) is 1. The molecule has 0 amide bonds. The summed E-state index contributed by atoms with van der Waals surface area (Å²) in [4.78, 5) is 5.34. The molecule has 0 bridgehead atoms. The zero-order valence-corrected chi connectivity index (χ0v) is 11.9. The van der Waals surface area contributed by atoms with E-state index in [9.17, 15) is 0 Å². The first kappa shape index (κ1) is 13.1. The number of pyridine rings is 1. The van der Waals surface area contributed by atoms with E-state index in [1.54, 1.807) is 30.8 Å². The molecule has 102 valence electrons. The molecule has 5 heteroatoms. The zero-order chi connectivity index (χ0) is 13.9. The lowest BCUT2D eigenvalue weighted by Gasteiger charge is -2.14. The van der Waals surface area contributed by atoms with Crippen LogP contribution in [0.2, 0.25) is 0 Å². The molecule has 2 heterocycles. The molecule has 1 unspecified atom stereocenters. The Morgan fingerprint density at radius 2 is 2.10 bits per heavy atom. The van der Waals surface area contributed by atoms with Crippen LogP contribution in [0.25, 0.3) is 10.1 Å². The highest BCUT2D eigenvalue weighted by Crippen LogP contribution is 2.33. The van der Waals surface area contributed by atoms with Crippen LogP contribution in [0.15, 0.2) is 48.8 Å². The van der Waals surface area contributed by atoms with Crippen LogP contribution < -0.4 is 16.0 Å². The molecule has 1 aromatic carbocycles. The molecular weight excluding hydrogens is 270 g/mol. The second-order valence-electron chi connectivity index (χ2n) is 4.44. The number of nitrogens with one attached hydrogen (secondary N) is 1. The fourth-order valence-electron chi connectivity index (χ4n) is 2.19. The Bertz CT molecular complexity index is 693. The molecule has 0 aliphatic carbocycles. The molecular formula is C15H15N3OS. The summed E-state index contributed by atoms with van der Waals surface area (Å²) < 4.78 is 6.47. The highest BCUT2D eigenvalue weighted by atomic mass is 32.1. The largest absolute Gasteiger partial charge is 0.495 e. The van der Waals surface area contributed by atoms with E-state index in [1.807, 2.05) is 18.2 Å². The van der Waals surface area contributed by atoms with E-state index in [0.717, 1.165) is 16.2 Å². The highest BCUT2D eigenvalue weighted by Gasteiger charge is 2.16. The molecule has 0 spiro atoms. The number of rotatable bonds is 4. The van der Waals surface area contributed by atoms with Crippen molar-refractivity contribution in [3.05, 3.63) is 59.2 Å². The predicted molar refractivity (Wildman–Crippen MR) is 81.8 cm³/mol. The van der Waals surface area contributed by atoms with E-state index in [-0.39, 0.29) is 6.04 Å². The third kappa shape index (κ3) is 2.38. The fraction of sp³-hybridized carbons (Fsp3) is 0.133. The number of benzene rings is 1. The first-order valence-electron chi connectivity index (χ1n) is 6.25. The summed E-state index contributed by atoms with van der Waals surface area (Å²) in [5.41, 5.74) is 3.85. The van der Waals surface area contributed by atoms with Crippen LogP contribution in [0, 0.1) is 0 Å². The Morgan fingerprint density at radius 1 is 1.25 bits per heavy atom. The number of hydrogen-bond donors (Lipinski definition) is 2. The predicted octanol–water partition coefficient (Wildman–Crippen LogP) is 2.86. The van der Waals surface area contributed by atoms with Crippen molar-refractivity contribution in [3.8, 4) is 5.75 Å². The number of nitrogens with two attached hydrogens (primary N) is 1. The Morgan fingerprint density at radius 3 is 2.85 bits per heavy atom. The number of hydrazine groups is 1. The molecule has 3 N–H and O–H groups in total. The molecule has 0 fully saturated rings. The van der Waals surface area contributed by atoms with Gasteiger partial charge in [-0.2, -0.15) is 0 Å². The third-order valence-electron chi connectivity index (χ3n) is 3.20. The van der Waals surface area contributed by atoms with Gasteiger partial charge in [-0.05, 0) is 29.1 Å². The van der Waals surface area contributed by atoms with Crippen LogP contribution in [-0.4, -0.2) is 12.1 Å². The summed E-state index contributed by atoms with van der Waals surface area (Å²) in [7, 11) is 1.63. The number of thiophene rings is 1. The van der Waals surface area contributed by atoms with E-state index >= 15 is 0 Å². The van der Waals surface area contributed by atoms with E-state index < -0.39 is 0 Å². The second-order valence-corrected chi connectivity index (χ2v) is 5.56. The fourth-order valence-corrected chi connectivity index (χ4v) is 3.35. The van der Waals surface area contributed by atoms with Crippen molar-refractivity contribution in [1.82, 2.24) is 10.4 Å². The number of fused-ring (bicyclic) bond motifs is 1. The number of methoxy groups -OCH3 is 1. The standard InChI is InChI=1S/C15H15N3OS/c1-19-12-6-11(8-17-9-12)15(18-16)14-7-10-4-2-3-5-13(10)20-14/h2-9,15,18H,16H2,1H3. The lowest BCUT2D eigenvalue weighted by Crippen LogP contribution is -2.28. The van der Waals surface area contributed by atoms with Crippen molar-refractivity contribution < 1.29 is 4.74 Å². The van der Waals surface area contributed by atoms with Crippen LogP contribution in [0.4, 0.5) is 0 Å². The quantitative estimate of drug-likeness (QED) is 0.571. The lowest BCUT2D eigenvalue weighted by atomic mass is 10.1. The van der Waals surface area contributed by atoms with Crippen molar-refractivity contribution in [2.75, 3.05) is 7.11 Å². The van der Waals surface area contributed by atoms with Crippen LogP contribution >= 0.6 is 11.3 Å². The van der Waals surface area contributed by atoms with Gasteiger partial charge < -0.3 is 4.74 Å². The van der Waals surface area contributed by atoms with Crippen LogP contribution in [-0.2, 0) is 0 Å². The van der Waals surface area contributed by atoms with Crippen molar-refractivity contribution in [2.45, 2.75) is 6.04 Å². The molecule has 0 aliphatic heterocycles. The average Bonchev–Trinajstić information content (AvgIpc) is 2.91. The summed E-state index contributed by atoms with van der Waals surface area (Å²) in [5.74, 6) is 6.46. The SMILES string of the molecule is COc1cncc(C(NN)c2cc3ccccc3s2)c1. The Labute approximate surface area is 121 Å². The number of hydrogen-bond acceptors (Lipinski definition) is 5. The molecule has 0 saturated carbocycles. The van der Waals surface area contributed by atoms with Crippen molar-refractivity contribution in [1.29, 1.82) is 0 Å². The number of aromatic nitrogens is 1. The smallest absolute Gasteiger partial charge is 0.137 e. The van der Waals surface area contributed by atoms with E-state index in [0.29, 0.717) is 0 Å². The molecule has 4 nitrogen and oxygen atoms in total. The summed E-state index contributed by atoms with van der Waals surface area (Å²) >= 11 is 1.73. The van der Waals surface area contributed by atoms with E-state index in [1.165, 1.54) is 10.1 Å². The molecule has 0 saturated heterocycles. The van der Waals surface area contributed by atoms with Crippen molar-refractivity contribution in [2.24, 2.45) is 5.84 Å². The Hall–Kier alpha value is -1.95. The molecule has 0 aliphatic rings. The van der Waals surface area contributed by atoms with Gasteiger partial charge in [-0.1, -0.05) is 18.2 Å². The maximum atomic E-state index is 5.74. The molecule has 1 atom stereocenters. The van der Waals surface area contributed by atoms with Gasteiger partial charge in [0.1, 0.15) is 5.75 Å². The zero-order valence-electron chi connectivity index (χ0n) is 11.0. The van der Waals surface area contributed by atoms with E-state index in [2.05, 4.69) is 28.6 Å². The van der Waals surface area contributed by atoms with Gasteiger partial charge in [-0.25, -0.2) is 5.43 Å². The average molecular weight is 285 g/mol. The van der Waals surface area contributed by atoms with Crippen molar-refractivity contribution in [3.63, 3.8) is 0 Å². The molecule has 3 rings (SSSR count). The van der Waals surface area contributed by atoms with Gasteiger partial charge in [0.05, 0.1) is 19.3 Å². The minimum atomic E-state index is -0.0880.